The highest BCUT2D eigenvalue weighted by atomic mass is 16.5. The number of para-hydroxylation sites is 2. The molecule has 0 saturated heterocycles. The highest BCUT2D eigenvalue weighted by Crippen LogP contribution is 2.51. The zero-order valence-electron chi connectivity index (χ0n) is 16.1. The molecule has 0 fully saturated rings. The first-order valence-electron chi connectivity index (χ1n) is 10.1. The normalized spacial score (nSPS) is 21.6. The number of anilines is 1. The number of allylic oxidation sites excluding steroid dienone is 2. The van der Waals surface area contributed by atoms with Crippen LogP contribution in [0.5, 0.6) is 5.75 Å². The lowest BCUT2D eigenvalue weighted by atomic mass is 9.76. The van der Waals surface area contributed by atoms with Crippen molar-refractivity contribution >= 4 is 5.69 Å². The predicted molar refractivity (Wildman–Crippen MR) is 115 cm³/mol. The van der Waals surface area contributed by atoms with E-state index in [1.54, 1.807) is 0 Å². The van der Waals surface area contributed by atoms with Crippen LogP contribution >= 0.6 is 0 Å². The largest absolute Gasteiger partial charge is 0.489 e. The quantitative estimate of drug-likeness (QED) is 0.569. The summed E-state index contributed by atoms with van der Waals surface area (Å²) < 4.78 is 6.24. The Balaban J connectivity index is 1.50. The Kier molecular flexibility index (Phi) is 4.54. The monoisotopic (exact) mass is 378 g/mol. The van der Waals surface area contributed by atoms with E-state index in [1.807, 2.05) is 42.5 Å². The Bertz CT molecular complexity index is 1100. The molecule has 0 saturated carbocycles. The minimum absolute atomic E-state index is 0.101. The topological polar surface area (TPSA) is 45.0 Å². The number of benzene rings is 3. The number of fused-ring (bicyclic) bond motifs is 3. The van der Waals surface area contributed by atoms with Gasteiger partial charge in [0.15, 0.2) is 0 Å². The third kappa shape index (κ3) is 3.17. The van der Waals surface area contributed by atoms with Gasteiger partial charge in [-0.3, -0.25) is 0 Å². The van der Waals surface area contributed by atoms with Crippen molar-refractivity contribution in [2.75, 3.05) is 5.32 Å². The molecule has 1 heterocycles. The molecule has 1 aliphatic heterocycles. The fraction of sp³-hybridized carbons (Fsp3) is 0.192. The molecule has 3 aromatic rings. The summed E-state index contributed by atoms with van der Waals surface area (Å²) in [5.41, 5.74) is 5.19. The van der Waals surface area contributed by atoms with Crippen molar-refractivity contribution in [3.05, 3.63) is 107 Å². The van der Waals surface area contributed by atoms with Crippen LogP contribution < -0.4 is 10.1 Å². The molecule has 5 rings (SSSR count). The Morgan fingerprint density at radius 2 is 1.72 bits per heavy atom. The second kappa shape index (κ2) is 7.48. The Labute approximate surface area is 171 Å². The second-order valence-corrected chi connectivity index (χ2v) is 7.67. The third-order valence-corrected chi connectivity index (χ3v) is 6.01. The SMILES string of the molecule is N#Cc1cccc2c1NC(c1ccccc1OCc1ccccc1)C1CC=CC21. The van der Waals surface area contributed by atoms with Gasteiger partial charge in [0.25, 0.3) is 0 Å². The van der Waals surface area contributed by atoms with Gasteiger partial charge in [-0.1, -0.05) is 72.8 Å². The van der Waals surface area contributed by atoms with Gasteiger partial charge in [0, 0.05) is 11.5 Å². The first kappa shape index (κ1) is 17.6. The van der Waals surface area contributed by atoms with Crippen LogP contribution in [0, 0.1) is 17.2 Å². The van der Waals surface area contributed by atoms with Gasteiger partial charge < -0.3 is 10.1 Å². The Hall–Kier alpha value is -3.51. The highest BCUT2D eigenvalue weighted by molar-refractivity contribution is 5.68. The molecule has 1 N–H and O–H groups in total. The summed E-state index contributed by atoms with van der Waals surface area (Å²) in [6, 6.07) is 27.0. The summed E-state index contributed by atoms with van der Waals surface area (Å²) in [4.78, 5) is 0. The molecule has 0 radical (unpaired) electrons. The first-order valence-corrected chi connectivity index (χ1v) is 10.1. The average Bonchev–Trinajstić information content (AvgIpc) is 3.28. The number of hydrogen-bond acceptors (Lipinski definition) is 3. The van der Waals surface area contributed by atoms with Crippen LogP contribution in [0.15, 0.2) is 84.9 Å². The van der Waals surface area contributed by atoms with Crippen LogP contribution in [0.2, 0.25) is 0 Å². The first-order chi connectivity index (χ1) is 14.3. The van der Waals surface area contributed by atoms with Crippen LogP contribution in [0.1, 0.15) is 40.6 Å². The molecule has 3 nitrogen and oxygen atoms in total. The summed E-state index contributed by atoms with van der Waals surface area (Å²) in [7, 11) is 0. The molecular weight excluding hydrogens is 356 g/mol. The van der Waals surface area contributed by atoms with Gasteiger partial charge in [0.2, 0.25) is 0 Å². The number of nitrogens with one attached hydrogen (secondary N) is 1. The molecule has 1 aliphatic carbocycles. The molecule has 3 heteroatoms. The molecule has 142 valence electrons. The van der Waals surface area contributed by atoms with E-state index in [1.165, 1.54) is 5.56 Å². The summed E-state index contributed by atoms with van der Waals surface area (Å²) in [6.45, 7) is 0.539. The lowest BCUT2D eigenvalue weighted by Crippen LogP contribution is -2.30. The molecule has 0 amide bonds. The fourth-order valence-corrected chi connectivity index (χ4v) is 4.63. The van der Waals surface area contributed by atoms with Crippen LogP contribution in [-0.4, -0.2) is 0 Å². The number of ether oxygens (including phenoxy) is 1. The molecule has 0 spiro atoms. The molecule has 29 heavy (non-hydrogen) atoms. The molecular formula is C26H22N2O. The van der Waals surface area contributed by atoms with Gasteiger partial charge in [0.1, 0.15) is 18.4 Å². The standard InChI is InChI=1S/C26H22N2O/c27-16-19-10-6-13-21-20-12-7-14-22(20)26(28-25(19)21)23-11-4-5-15-24(23)29-17-18-8-2-1-3-9-18/h1-13,15,20,22,26,28H,14,17H2. The lowest BCUT2D eigenvalue weighted by molar-refractivity contribution is 0.296. The fourth-order valence-electron chi connectivity index (χ4n) is 4.63. The van der Waals surface area contributed by atoms with Crippen molar-refractivity contribution < 1.29 is 4.74 Å². The maximum absolute atomic E-state index is 9.62. The maximum Gasteiger partial charge on any atom is 0.125 e. The summed E-state index contributed by atoms with van der Waals surface area (Å²) in [6.07, 6.45) is 5.59. The van der Waals surface area contributed by atoms with Crippen molar-refractivity contribution in [3.8, 4) is 11.8 Å². The van der Waals surface area contributed by atoms with Gasteiger partial charge in [0.05, 0.1) is 17.3 Å². The molecule has 3 unspecified atom stereocenters. The van der Waals surface area contributed by atoms with Gasteiger partial charge in [-0.25, -0.2) is 0 Å². The summed E-state index contributed by atoms with van der Waals surface area (Å²) in [5.74, 6) is 1.64. The van der Waals surface area contributed by atoms with Crippen LogP contribution in [0.3, 0.4) is 0 Å². The Morgan fingerprint density at radius 1 is 0.931 bits per heavy atom. The van der Waals surface area contributed by atoms with E-state index in [0.717, 1.165) is 29.0 Å². The van der Waals surface area contributed by atoms with E-state index in [9.17, 15) is 5.26 Å². The van der Waals surface area contributed by atoms with Gasteiger partial charge in [-0.15, -0.1) is 0 Å². The van der Waals surface area contributed by atoms with Crippen LogP contribution in [0.25, 0.3) is 0 Å². The minimum Gasteiger partial charge on any atom is -0.489 e. The van der Waals surface area contributed by atoms with E-state index >= 15 is 0 Å². The maximum atomic E-state index is 9.62. The number of nitrogens with zero attached hydrogens (tertiary/aromatic N) is 1. The third-order valence-electron chi connectivity index (χ3n) is 6.01. The molecule has 3 atom stereocenters. The molecule has 0 aromatic heterocycles. The van der Waals surface area contributed by atoms with Gasteiger partial charge >= 0.3 is 0 Å². The lowest BCUT2D eigenvalue weighted by Gasteiger charge is -2.38. The van der Waals surface area contributed by atoms with Gasteiger partial charge in [-0.05, 0) is 35.6 Å². The number of nitriles is 1. The zero-order chi connectivity index (χ0) is 19.6. The van der Waals surface area contributed by atoms with Gasteiger partial charge in [-0.2, -0.15) is 5.26 Å². The van der Waals surface area contributed by atoms with E-state index in [-0.39, 0.29) is 6.04 Å². The van der Waals surface area contributed by atoms with E-state index in [0.29, 0.717) is 24.0 Å². The van der Waals surface area contributed by atoms with E-state index in [4.69, 9.17) is 4.74 Å². The summed E-state index contributed by atoms with van der Waals surface area (Å²) in [5, 5.41) is 13.3. The van der Waals surface area contributed by atoms with E-state index in [2.05, 4.69) is 53.9 Å². The van der Waals surface area contributed by atoms with Crippen molar-refractivity contribution in [1.82, 2.24) is 0 Å². The Morgan fingerprint density at radius 3 is 2.59 bits per heavy atom. The van der Waals surface area contributed by atoms with E-state index < -0.39 is 0 Å². The van der Waals surface area contributed by atoms with Crippen molar-refractivity contribution in [2.24, 2.45) is 5.92 Å². The molecule has 0 bridgehead atoms. The van der Waals surface area contributed by atoms with Crippen molar-refractivity contribution in [2.45, 2.75) is 25.0 Å². The van der Waals surface area contributed by atoms with Crippen molar-refractivity contribution in [3.63, 3.8) is 0 Å². The van der Waals surface area contributed by atoms with Crippen LogP contribution in [-0.2, 0) is 6.61 Å². The smallest absolute Gasteiger partial charge is 0.125 e. The van der Waals surface area contributed by atoms with Crippen molar-refractivity contribution in [1.29, 1.82) is 5.26 Å². The minimum atomic E-state index is 0.101. The molecule has 3 aromatic carbocycles. The zero-order valence-corrected chi connectivity index (χ0v) is 16.1. The predicted octanol–water partition coefficient (Wildman–Crippen LogP) is 5.96. The highest BCUT2D eigenvalue weighted by Gasteiger charge is 2.39. The number of rotatable bonds is 4. The van der Waals surface area contributed by atoms with Crippen LogP contribution in [0.4, 0.5) is 5.69 Å². The number of hydrogen-bond donors (Lipinski definition) is 1. The second-order valence-electron chi connectivity index (χ2n) is 7.67. The summed E-state index contributed by atoms with van der Waals surface area (Å²) >= 11 is 0. The average molecular weight is 378 g/mol. The molecule has 2 aliphatic rings.